The van der Waals surface area contributed by atoms with Crippen LogP contribution in [0.25, 0.3) is 0 Å². The Hall–Kier alpha value is -1.89. The third-order valence-corrected chi connectivity index (χ3v) is 2.36. The Morgan fingerprint density at radius 2 is 2.12 bits per heavy atom. The Morgan fingerprint density at radius 1 is 1.47 bits per heavy atom. The number of nitrogens with one attached hydrogen (secondary N) is 1. The van der Waals surface area contributed by atoms with Gasteiger partial charge in [-0.1, -0.05) is 23.9 Å². The summed E-state index contributed by atoms with van der Waals surface area (Å²) in [6.45, 7) is 1.35. The van der Waals surface area contributed by atoms with Crippen molar-refractivity contribution < 1.29 is 9.72 Å². The summed E-state index contributed by atoms with van der Waals surface area (Å²) < 4.78 is 0. The molecule has 1 amide bonds. The normalized spacial score (nSPS) is 11.1. The molecule has 0 fully saturated rings. The molecule has 90 valence electrons. The molecule has 1 rings (SSSR count). The summed E-state index contributed by atoms with van der Waals surface area (Å²) in [6.07, 6.45) is 1.73. The predicted molar refractivity (Wildman–Crippen MR) is 67.5 cm³/mol. The van der Waals surface area contributed by atoms with Crippen LogP contribution in [0.4, 0.5) is 11.4 Å². The highest BCUT2D eigenvalue weighted by molar-refractivity contribution is 8.13. The van der Waals surface area contributed by atoms with Crippen LogP contribution in [0.3, 0.4) is 0 Å². The van der Waals surface area contributed by atoms with Crippen molar-refractivity contribution in [2.75, 3.05) is 6.26 Å². The van der Waals surface area contributed by atoms with Crippen LogP contribution in [0.1, 0.15) is 6.92 Å². The molecule has 0 aliphatic carbocycles. The number of carbonyl (C=O) groups is 1. The van der Waals surface area contributed by atoms with Crippen LogP contribution in [-0.2, 0) is 4.79 Å². The summed E-state index contributed by atoms with van der Waals surface area (Å²) in [5, 5.41) is 13.6. The Kier molecular flexibility index (Phi) is 4.65. The molecule has 0 saturated heterocycles. The van der Waals surface area contributed by atoms with Crippen molar-refractivity contribution in [3.05, 3.63) is 34.4 Å². The Labute approximate surface area is 102 Å². The van der Waals surface area contributed by atoms with Crippen LogP contribution in [0.15, 0.2) is 29.3 Å². The minimum atomic E-state index is -0.509. The van der Waals surface area contributed by atoms with Gasteiger partial charge in [0.1, 0.15) is 5.69 Å². The van der Waals surface area contributed by atoms with E-state index in [0.29, 0.717) is 5.17 Å². The smallest absolute Gasteiger partial charge is 0.294 e. The number of thioether (sulfide) groups is 1. The summed E-state index contributed by atoms with van der Waals surface area (Å²) >= 11 is 1.21. The molecule has 0 unspecified atom stereocenters. The van der Waals surface area contributed by atoms with Gasteiger partial charge in [-0.2, -0.15) is 0 Å². The van der Waals surface area contributed by atoms with Gasteiger partial charge in [0.05, 0.1) is 4.92 Å². The van der Waals surface area contributed by atoms with E-state index in [2.05, 4.69) is 10.3 Å². The molecule has 0 saturated carbocycles. The lowest BCUT2D eigenvalue weighted by Crippen LogP contribution is -2.25. The zero-order chi connectivity index (χ0) is 12.8. The highest BCUT2D eigenvalue weighted by Gasteiger charge is 2.12. The van der Waals surface area contributed by atoms with Crippen LogP contribution in [0.5, 0.6) is 0 Å². The average Bonchev–Trinajstić information content (AvgIpc) is 2.28. The van der Waals surface area contributed by atoms with E-state index in [-0.39, 0.29) is 17.3 Å². The highest BCUT2D eigenvalue weighted by Crippen LogP contribution is 2.26. The summed E-state index contributed by atoms with van der Waals surface area (Å²) in [6, 6.07) is 6.10. The zero-order valence-corrected chi connectivity index (χ0v) is 10.2. The number of aliphatic imine (C=N–C) groups is 1. The lowest BCUT2D eigenvalue weighted by molar-refractivity contribution is -0.384. The first-order valence-electron chi connectivity index (χ1n) is 4.68. The fraction of sp³-hybridized carbons (Fsp3) is 0.200. The van der Waals surface area contributed by atoms with Gasteiger partial charge in [0, 0.05) is 13.0 Å². The van der Waals surface area contributed by atoms with Gasteiger partial charge in [-0.25, -0.2) is 4.99 Å². The molecule has 0 aromatic heterocycles. The maximum atomic E-state index is 10.9. The molecule has 0 spiro atoms. The summed E-state index contributed by atoms with van der Waals surface area (Å²) in [5.41, 5.74) is 0.125. The Bertz CT molecular complexity index is 474. The molecule has 0 heterocycles. The third-order valence-electron chi connectivity index (χ3n) is 1.78. The molecular weight excluding hydrogens is 242 g/mol. The fourth-order valence-corrected chi connectivity index (χ4v) is 1.53. The first-order chi connectivity index (χ1) is 8.04. The van der Waals surface area contributed by atoms with E-state index < -0.39 is 4.92 Å². The van der Waals surface area contributed by atoms with E-state index in [1.165, 1.54) is 30.8 Å². The summed E-state index contributed by atoms with van der Waals surface area (Å²) in [5.74, 6) is -0.267. The van der Waals surface area contributed by atoms with E-state index in [0.717, 1.165) is 0 Å². The molecule has 0 aliphatic rings. The van der Waals surface area contributed by atoms with Gasteiger partial charge in [-0.3, -0.25) is 14.9 Å². The van der Waals surface area contributed by atoms with Crippen LogP contribution in [0, 0.1) is 10.1 Å². The van der Waals surface area contributed by atoms with Gasteiger partial charge < -0.3 is 5.32 Å². The number of rotatable bonds is 2. The molecule has 1 aromatic carbocycles. The van der Waals surface area contributed by atoms with Gasteiger partial charge in [0.15, 0.2) is 5.17 Å². The van der Waals surface area contributed by atoms with Crippen molar-refractivity contribution in [1.82, 2.24) is 5.32 Å². The van der Waals surface area contributed by atoms with E-state index in [1.807, 2.05) is 0 Å². The maximum Gasteiger partial charge on any atom is 0.294 e. The van der Waals surface area contributed by atoms with Gasteiger partial charge in [-0.15, -0.1) is 0 Å². The molecule has 17 heavy (non-hydrogen) atoms. The van der Waals surface area contributed by atoms with Gasteiger partial charge in [0.25, 0.3) is 5.69 Å². The molecule has 0 aliphatic heterocycles. The fourth-order valence-electron chi connectivity index (χ4n) is 1.10. The summed E-state index contributed by atoms with van der Waals surface area (Å²) in [4.78, 5) is 25.2. The minimum Gasteiger partial charge on any atom is -0.305 e. The number of amidine groups is 1. The SMILES string of the molecule is CSC(=Nc1ccccc1[N+](=O)[O-])NC(C)=O. The third kappa shape index (κ3) is 3.87. The number of para-hydroxylation sites is 2. The molecule has 1 aromatic rings. The topological polar surface area (TPSA) is 84.6 Å². The van der Waals surface area contributed by atoms with Crippen LogP contribution in [0.2, 0.25) is 0 Å². The predicted octanol–water partition coefficient (Wildman–Crippen LogP) is 2.08. The van der Waals surface area contributed by atoms with Crippen LogP contribution in [-0.4, -0.2) is 22.3 Å². The molecule has 0 bridgehead atoms. The van der Waals surface area contributed by atoms with Crippen molar-refractivity contribution in [2.45, 2.75) is 6.92 Å². The van der Waals surface area contributed by atoms with E-state index in [4.69, 9.17) is 0 Å². The molecule has 0 radical (unpaired) electrons. The van der Waals surface area contributed by atoms with Crippen molar-refractivity contribution in [3.8, 4) is 0 Å². The Morgan fingerprint density at radius 3 is 2.65 bits per heavy atom. The van der Waals surface area contributed by atoms with Crippen LogP contribution < -0.4 is 5.32 Å². The number of carbonyl (C=O) groups excluding carboxylic acids is 1. The van der Waals surface area contributed by atoms with E-state index in [9.17, 15) is 14.9 Å². The first-order valence-corrected chi connectivity index (χ1v) is 5.90. The van der Waals surface area contributed by atoms with Crippen LogP contribution >= 0.6 is 11.8 Å². The van der Waals surface area contributed by atoms with E-state index in [1.54, 1.807) is 18.4 Å². The second-order valence-corrected chi connectivity index (χ2v) is 3.84. The molecule has 0 atom stereocenters. The second-order valence-electron chi connectivity index (χ2n) is 3.05. The highest BCUT2D eigenvalue weighted by atomic mass is 32.2. The van der Waals surface area contributed by atoms with Crippen molar-refractivity contribution in [1.29, 1.82) is 0 Å². The first kappa shape index (κ1) is 13.2. The van der Waals surface area contributed by atoms with Gasteiger partial charge in [-0.05, 0) is 12.3 Å². The van der Waals surface area contributed by atoms with E-state index >= 15 is 0 Å². The average molecular weight is 253 g/mol. The lowest BCUT2D eigenvalue weighted by Gasteiger charge is -2.03. The molecule has 7 heteroatoms. The number of nitro groups is 1. The monoisotopic (exact) mass is 253 g/mol. The maximum absolute atomic E-state index is 10.9. The van der Waals surface area contributed by atoms with Crippen molar-refractivity contribution in [3.63, 3.8) is 0 Å². The number of hydrogen-bond acceptors (Lipinski definition) is 5. The zero-order valence-electron chi connectivity index (χ0n) is 9.34. The number of amides is 1. The largest absolute Gasteiger partial charge is 0.305 e. The number of nitrogens with zero attached hydrogens (tertiary/aromatic N) is 2. The standard InChI is InChI=1S/C10H11N3O3S/c1-7(14)11-10(17-2)12-8-5-3-4-6-9(8)13(15)16/h3-6H,1-2H3,(H,11,12,14). The second kappa shape index (κ2) is 6.00. The quantitative estimate of drug-likeness (QED) is 0.378. The summed E-state index contributed by atoms with van der Waals surface area (Å²) in [7, 11) is 0. The van der Waals surface area contributed by atoms with Crippen molar-refractivity contribution in [2.24, 2.45) is 4.99 Å². The Balaban J connectivity index is 3.10. The van der Waals surface area contributed by atoms with Crippen molar-refractivity contribution >= 4 is 34.2 Å². The lowest BCUT2D eigenvalue weighted by atomic mass is 10.3. The van der Waals surface area contributed by atoms with Gasteiger partial charge >= 0.3 is 0 Å². The molecular formula is C10H11N3O3S. The van der Waals surface area contributed by atoms with Gasteiger partial charge in [0.2, 0.25) is 5.91 Å². The number of hydrogen-bond donors (Lipinski definition) is 1. The minimum absolute atomic E-state index is 0.0931. The number of nitro benzene ring substituents is 1. The molecule has 1 N–H and O–H groups in total. The molecule has 6 nitrogen and oxygen atoms in total. The number of benzene rings is 1.